The molecule has 4 rings (SSSR count). The maximum Gasteiger partial charge on any atom is 0.368 e. The lowest BCUT2D eigenvalue weighted by Gasteiger charge is -2.18. The minimum absolute atomic E-state index is 0.122. The molecule has 0 aliphatic rings. The number of pyridine rings is 2. The Labute approximate surface area is 236 Å². The highest BCUT2D eigenvalue weighted by atomic mass is 16.6. The number of carbonyl (C=O) groups is 4. The van der Waals surface area contributed by atoms with Crippen LogP contribution in [0, 0.1) is 0 Å². The second-order valence-electron chi connectivity index (χ2n) is 8.94. The van der Waals surface area contributed by atoms with Crippen LogP contribution < -0.4 is 21.8 Å². The Morgan fingerprint density at radius 1 is 0.952 bits per heavy atom. The zero-order valence-electron chi connectivity index (χ0n) is 22.7. The first-order chi connectivity index (χ1) is 20.1. The lowest BCUT2D eigenvalue weighted by atomic mass is 10.0. The summed E-state index contributed by atoms with van der Waals surface area (Å²) in [7, 11) is 3.77. The molecule has 4 aromatic rings. The largest absolute Gasteiger partial charge is 0.506 e. The summed E-state index contributed by atoms with van der Waals surface area (Å²) in [6.45, 7) is -0.980. The van der Waals surface area contributed by atoms with Gasteiger partial charge in [0.25, 0.3) is 29.2 Å². The number of hydrogen-bond acceptors (Lipinski definition) is 10. The minimum Gasteiger partial charge on any atom is -0.506 e. The van der Waals surface area contributed by atoms with Crippen molar-refractivity contribution in [2.75, 3.05) is 20.8 Å². The number of fused-ring (bicyclic) bond motifs is 2. The number of rotatable bonds is 9. The van der Waals surface area contributed by atoms with Crippen molar-refractivity contribution < 1.29 is 38.5 Å². The number of methoxy groups -OCH3 is 2. The van der Waals surface area contributed by atoms with Crippen LogP contribution >= 0.6 is 0 Å². The van der Waals surface area contributed by atoms with E-state index in [1.165, 1.54) is 20.2 Å². The number of benzene rings is 2. The van der Waals surface area contributed by atoms with Crippen LogP contribution in [-0.4, -0.2) is 65.4 Å². The van der Waals surface area contributed by atoms with Crippen molar-refractivity contribution in [2.45, 2.75) is 12.8 Å². The van der Waals surface area contributed by atoms with Crippen LogP contribution in [0.15, 0.2) is 58.1 Å². The molecular weight excluding hydrogens is 552 g/mol. The average Bonchev–Trinajstić information content (AvgIpc) is 2.98. The molecule has 0 radical (unpaired) electrons. The number of aromatic nitrogens is 2. The van der Waals surface area contributed by atoms with Crippen LogP contribution in [0.25, 0.3) is 21.8 Å². The SMILES string of the molecule is COCc1c(C(=O)NC(OC(=O)CNC(=O)c2c(O)c3ccccc3n(C)c2=O)C(=O)OC)c(=O)[nH]c2ccccc12. The van der Waals surface area contributed by atoms with Gasteiger partial charge in [0.2, 0.25) is 0 Å². The summed E-state index contributed by atoms with van der Waals surface area (Å²) in [4.78, 5) is 78.9. The van der Waals surface area contributed by atoms with E-state index in [4.69, 9.17) is 9.47 Å². The Morgan fingerprint density at radius 3 is 2.31 bits per heavy atom. The molecule has 42 heavy (non-hydrogen) atoms. The number of carbonyl (C=O) groups excluding carboxylic acids is 4. The number of ether oxygens (including phenoxy) is 3. The number of aryl methyl sites for hydroxylation is 1. The van der Waals surface area contributed by atoms with E-state index >= 15 is 0 Å². The van der Waals surface area contributed by atoms with Crippen LogP contribution in [0.4, 0.5) is 0 Å². The van der Waals surface area contributed by atoms with Crippen LogP contribution in [0.2, 0.25) is 0 Å². The lowest BCUT2D eigenvalue weighted by molar-refractivity contribution is -0.166. The highest BCUT2D eigenvalue weighted by Gasteiger charge is 2.30. The highest BCUT2D eigenvalue weighted by molar-refractivity contribution is 6.04. The number of amides is 2. The molecule has 1 unspecified atom stereocenters. The van der Waals surface area contributed by atoms with Gasteiger partial charge in [0.15, 0.2) is 0 Å². The molecule has 2 aromatic carbocycles. The second kappa shape index (κ2) is 12.3. The number of H-pyrrole nitrogens is 1. The van der Waals surface area contributed by atoms with Gasteiger partial charge in [0.05, 0.1) is 19.2 Å². The minimum atomic E-state index is -2.00. The van der Waals surface area contributed by atoms with Crippen LogP contribution in [0.5, 0.6) is 5.75 Å². The molecule has 4 N–H and O–H groups in total. The summed E-state index contributed by atoms with van der Waals surface area (Å²) in [5.41, 5.74) is -1.52. The van der Waals surface area contributed by atoms with Crippen molar-refractivity contribution in [1.82, 2.24) is 20.2 Å². The van der Waals surface area contributed by atoms with Gasteiger partial charge in [-0.3, -0.25) is 24.0 Å². The van der Waals surface area contributed by atoms with Gasteiger partial charge < -0.3 is 39.5 Å². The molecule has 0 saturated heterocycles. The maximum absolute atomic E-state index is 13.2. The summed E-state index contributed by atoms with van der Waals surface area (Å²) in [6.07, 6.45) is -2.00. The van der Waals surface area contributed by atoms with Gasteiger partial charge in [-0.25, -0.2) is 4.79 Å². The van der Waals surface area contributed by atoms with E-state index in [1.54, 1.807) is 42.5 Å². The third kappa shape index (κ3) is 5.69. The highest BCUT2D eigenvalue weighted by Crippen LogP contribution is 2.25. The first kappa shape index (κ1) is 29.5. The molecule has 2 aromatic heterocycles. The third-order valence-corrected chi connectivity index (χ3v) is 6.37. The Balaban J connectivity index is 1.53. The summed E-state index contributed by atoms with van der Waals surface area (Å²) >= 11 is 0. The summed E-state index contributed by atoms with van der Waals surface area (Å²) < 4.78 is 15.9. The van der Waals surface area contributed by atoms with Crippen molar-refractivity contribution in [3.63, 3.8) is 0 Å². The Kier molecular flexibility index (Phi) is 8.67. The predicted octanol–water partition coefficient (Wildman–Crippen LogP) is 0.434. The fourth-order valence-corrected chi connectivity index (χ4v) is 4.38. The maximum atomic E-state index is 13.2. The molecule has 14 nitrogen and oxygen atoms in total. The van der Waals surface area contributed by atoms with Crippen LogP contribution in [-0.2, 0) is 37.5 Å². The molecule has 218 valence electrons. The number of para-hydroxylation sites is 2. The van der Waals surface area contributed by atoms with Gasteiger partial charge in [-0.2, -0.15) is 0 Å². The summed E-state index contributed by atoms with van der Waals surface area (Å²) in [5.74, 6) is -5.12. The molecule has 0 fully saturated rings. The van der Waals surface area contributed by atoms with Gasteiger partial charge in [0, 0.05) is 36.0 Å². The number of hydrogen-bond donors (Lipinski definition) is 4. The summed E-state index contributed by atoms with van der Waals surface area (Å²) in [6, 6.07) is 13.1. The topological polar surface area (TPSA) is 195 Å². The smallest absolute Gasteiger partial charge is 0.368 e. The Morgan fingerprint density at radius 2 is 1.62 bits per heavy atom. The third-order valence-electron chi connectivity index (χ3n) is 6.37. The van der Waals surface area contributed by atoms with Crippen molar-refractivity contribution in [1.29, 1.82) is 0 Å². The number of aromatic amines is 1. The molecule has 0 aliphatic heterocycles. The van der Waals surface area contributed by atoms with Crippen molar-refractivity contribution in [3.8, 4) is 5.75 Å². The van der Waals surface area contributed by atoms with Crippen LogP contribution in [0.1, 0.15) is 26.3 Å². The van der Waals surface area contributed by atoms with Gasteiger partial charge in [0.1, 0.15) is 23.4 Å². The molecular formula is C28H26N4O10. The van der Waals surface area contributed by atoms with Gasteiger partial charge >= 0.3 is 11.9 Å². The molecule has 0 saturated carbocycles. The van der Waals surface area contributed by atoms with E-state index in [9.17, 15) is 33.9 Å². The summed E-state index contributed by atoms with van der Waals surface area (Å²) in [5, 5.41) is 15.6. The van der Waals surface area contributed by atoms with Crippen molar-refractivity contribution in [3.05, 3.63) is 85.9 Å². The fraction of sp³-hybridized carbons (Fsp3) is 0.214. The normalized spacial score (nSPS) is 11.6. The monoisotopic (exact) mass is 578 g/mol. The molecule has 0 aliphatic carbocycles. The number of esters is 2. The Hall–Kier alpha value is -5.50. The van der Waals surface area contributed by atoms with Gasteiger partial charge in [-0.15, -0.1) is 0 Å². The zero-order valence-corrected chi connectivity index (χ0v) is 22.7. The number of nitrogens with zero attached hydrogens (tertiary/aromatic N) is 1. The molecule has 2 heterocycles. The molecule has 1 atom stereocenters. The number of nitrogens with one attached hydrogen (secondary N) is 3. The molecule has 0 spiro atoms. The lowest BCUT2D eigenvalue weighted by Crippen LogP contribution is -2.47. The van der Waals surface area contributed by atoms with Gasteiger partial charge in [-0.05, 0) is 18.2 Å². The van der Waals surface area contributed by atoms with E-state index in [0.717, 1.165) is 11.7 Å². The van der Waals surface area contributed by atoms with Crippen molar-refractivity contribution >= 4 is 45.6 Å². The fourth-order valence-electron chi connectivity index (χ4n) is 4.38. The van der Waals surface area contributed by atoms with E-state index in [1.807, 2.05) is 0 Å². The zero-order chi connectivity index (χ0) is 30.6. The quantitative estimate of drug-likeness (QED) is 0.160. The second-order valence-corrected chi connectivity index (χ2v) is 8.94. The first-order valence-electron chi connectivity index (χ1n) is 12.4. The average molecular weight is 579 g/mol. The van der Waals surface area contributed by atoms with E-state index in [-0.39, 0.29) is 23.1 Å². The van der Waals surface area contributed by atoms with Gasteiger partial charge in [-0.1, -0.05) is 30.3 Å². The van der Waals surface area contributed by atoms with E-state index < -0.39 is 59.0 Å². The first-order valence-corrected chi connectivity index (χ1v) is 12.4. The standard InChI is InChI=1S/C28H26N4O10/c1-32-18-11-7-5-9-15(18)22(34)21(27(32)38)23(35)29-12-19(33)42-26(28(39)41-3)31-25(37)20-16(13-40-2)14-8-4-6-10-17(14)30-24(20)36/h4-11,26,34H,12-13H2,1-3H3,(H,29,35)(H,30,36)(H,31,37). The molecule has 0 bridgehead atoms. The molecule has 2 amide bonds. The van der Waals surface area contributed by atoms with E-state index in [2.05, 4.69) is 20.4 Å². The number of aromatic hydroxyl groups is 1. The Bertz CT molecular complexity index is 1840. The van der Waals surface area contributed by atoms with Crippen LogP contribution in [0.3, 0.4) is 0 Å². The van der Waals surface area contributed by atoms with E-state index in [0.29, 0.717) is 16.4 Å². The predicted molar refractivity (Wildman–Crippen MR) is 148 cm³/mol. The molecule has 14 heteroatoms. The van der Waals surface area contributed by atoms with Crippen molar-refractivity contribution in [2.24, 2.45) is 7.05 Å².